The lowest BCUT2D eigenvalue weighted by atomic mass is 10.1. The van der Waals surface area contributed by atoms with Crippen LogP contribution in [-0.4, -0.2) is 58.4 Å². The summed E-state index contributed by atoms with van der Waals surface area (Å²) in [5.74, 6) is -3.20. The molecule has 1 aromatic heterocycles. The van der Waals surface area contributed by atoms with Crippen LogP contribution in [0.15, 0.2) is 35.3 Å². The standard InChI is InChI=1S/C20H29N7O3.C2HF3O2/c1-3-15-4-6-16(7-5-15)8-9-24-18-19(29)27(14(2)12-25-18)13-17(28)23-10-11-30-26-20(21)22;3-2(4,5)1(6)7/h4-7,12H,3,8-11,13H2,1-2H3,(H,23,28)(H,24,25)(H4,21,22,26);(H,6,7). The summed E-state index contributed by atoms with van der Waals surface area (Å²) in [7, 11) is 0. The van der Waals surface area contributed by atoms with E-state index in [-0.39, 0.29) is 42.9 Å². The van der Waals surface area contributed by atoms with E-state index >= 15 is 0 Å². The Bertz CT molecular complexity index is 1110. The lowest BCUT2D eigenvalue weighted by Crippen LogP contribution is -2.37. The van der Waals surface area contributed by atoms with Gasteiger partial charge < -0.3 is 21.5 Å². The molecule has 2 rings (SSSR count). The number of amides is 1. The van der Waals surface area contributed by atoms with E-state index in [4.69, 9.17) is 25.9 Å². The summed E-state index contributed by atoms with van der Waals surface area (Å²) in [6, 6.07) is 8.38. The molecule has 1 amide bonds. The number of rotatable bonds is 11. The maximum atomic E-state index is 12.7. The number of carbonyl (C=O) groups excluding carboxylic acids is 1. The summed E-state index contributed by atoms with van der Waals surface area (Å²) in [5.41, 5.74) is 9.95. The van der Waals surface area contributed by atoms with Gasteiger partial charge in [-0.3, -0.25) is 24.4 Å². The molecule has 0 saturated carbocycles. The molecule has 0 radical (unpaired) electrons. The van der Waals surface area contributed by atoms with Crippen molar-refractivity contribution in [1.82, 2.24) is 20.3 Å². The van der Waals surface area contributed by atoms with Gasteiger partial charge in [-0.15, -0.1) is 0 Å². The minimum absolute atomic E-state index is 0.125. The summed E-state index contributed by atoms with van der Waals surface area (Å²) in [6.45, 7) is 4.61. The third-order valence-corrected chi connectivity index (χ3v) is 4.64. The quantitative estimate of drug-likeness (QED) is 0.107. The number of nitrogens with one attached hydrogen (secondary N) is 4. The number of carboxylic acids is 1. The van der Waals surface area contributed by atoms with E-state index in [9.17, 15) is 22.8 Å². The van der Waals surface area contributed by atoms with E-state index < -0.39 is 12.1 Å². The zero-order chi connectivity index (χ0) is 28.0. The number of halogens is 3. The highest BCUT2D eigenvalue weighted by molar-refractivity contribution is 5.76. The predicted molar refractivity (Wildman–Crippen MR) is 129 cm³/mol. The molecule has 0 saturated heterocycles. The van der Waals surface area contributed by atoms with Crippen molar-refractivity contribution < 1.29 is 32.7 Å². The van der Waals surface area contributed by atoms with Crippen LogP contribution in [0.5, 0.6) is 0 Å². The molecule has 0 spiro atoms. The van der Waals surface area contributed by atoms with Crippen molar-refractivity contribution in [2.24, 2.45) is 5.73 Å². The third-order valence-electron chi connectivity index (χ3n) is 4.64. The van der Waals surface area contributed by atoms with E-state index in [2.05, 4.69) is 52.3 Å². The second-order valence-electron chi connectivity index (χ2n) is 7.50. The number of carboxylic acid groups (broad SMARTS) is 1. The molecule has 37 heavy (non-hydrogen) atoms. The van der Waals surface area contributed by atoms with Crippen molar-refractivity contribution in [2.75, 3.05) is 25.0 Å². The number of aliphatic carboxylic acids is 1. The lowest BCUT2D eigenvalue weighted by molar-refractivity contribution is -0.192. The van der Waals surface area contributed by atoms with Gasteiger partial charge in [-0.1, -0.05) is 31.2 Å². The molecule has 1 heterocycles. The molecule has 0 atom stereocenters. The fraction of sp³-hybridized carbons (Fsp3) is 0.409. The van der Waals surface area contributed by atoms with Crippen LogP contribution < -0.4 is 27.4 Å². The van der Waals surface area contributed by atoms with E-state index in [0.717, 1.165) is 12.8 Å². The highest BCUT2D eigenvalue weighted by Gasteiger charge is 2.38. The molecule has 12 nitrogen and oxygen atoms in total. The molecule has 2 aromatic rings. The number of anilines is 1. The number of aryl methyl sites for hydroxylation is 2. The number of nitrogens with two attached hydrogens (primary N) is 1. The molecular formula is C22H30F3N7O5. The second kappa shape index (κ2) is 15.1. The van der Waals surface area contributed by atoms with Gasteiger partial charge in [-0.2, -0.15) is 13.2 Å². The molecule has 0 aliphatic carbocycles. The fourth-order valence-electron chi connectivity index (χ4n) is 2.73. The van der Waals surface area contributed by atoms with Crippen molar-refractivity contribution in [2.45, 2.75) is 39.4 Å². The Morgan fingerprint density at radius 3 is 2.32 bits per heavy atom. The van der Waals surface area contributed by atoms with Crippen molar-refractivity contribution >= 4 is 23.7 Å². The molecular weight excluding hydrogens is 499 g/mol. The Morgan fingerprint density at radius 1 is 1.19 bits per heavy atom. The van der Waals surface area contributed by atoms with Crippen LogP contribution in [0.25, 0.3) is 0 Å². The summed E-state index contributed by atoms with van der Waals surface area (Å²) in [4.78, 5) is 42.7. The minimum atomic E-state index is -5.08. The number of hydroxylamine groups is 1. The zero-order valence-electron chi connectivity index (χ0n) is 20.3. The Balaban J connectivity index is 0.000000856. The first kappa shape index (κ1) is 30.9. The largest absolute Gasteiger partial charge is 0.490 e. The summed E-state index contributed by atoms with van der Waals surface area (Å²) in [5, 5.41) is 19.8. The van der Waals surface area contributed by atoms with Gasteiger partial charge in [-0.05, 0) is 30.9 Å². The van der Waals surface area contributed by atoms with E-state index in [0.29, 0.717) is 12.2 Å². The highest BCUT2D eigenvalue weighted by atomic mass is 19.4. The lowest BCUT2D eigenvalue weighted by Gasteiger charge is -2.13. The molecule has 7 N–H and O–H groups in total. The zero-order valence-corrected chi connectivity index (χ0v) is 20.3. The number of benzene rings is 1. The van der Waals surface area contributed by atoms with Gasteiger partial charge in [0.05, 0.1) is 6.61 Å². The number of guanidine groups is 1. The van der Waals surface area contributed by atoms with Crippen LogP contribution in [0.2, 0.25) is 0 Å². The number of hydrogen-bond donors (Lipinski definition) is 6. The van der Waals surface area contributed by atoms with Crippen LogP contribution in [0.3, 0.4) is 0 Å². The number of alkyl halides is 3. The predicted octanol–water partition coefficient (Wildman–Crippen LogP) is 0.933. The van der Waals surface area contributed by atoms with Gasteiger partial charge in [-0.25, -0.2) is 15.3 Å². The third kappa shape index (κ3) is 11.9. The number of carbonyl (C=O) groups is 2. The Labute approximate surface area is 210 Å². The summed E-state index contributed by atoms with van der Waals surface area (Å²) >= 11 is 0. The maximum absolute atomic E-state index is 12.7. The Hall–Kier alpha value is -4.14. The first-order valence-corrected chi connectivity index (χ1v) is 11.0. The highest BCUT2D eigenvalue weighted by Crippen LogP contribution is 2.13. The van der Waals surface area contributed by atoms with E-state index in [1.807, 2.05) is 0 Å². The van der Waals surface area contributed by atoms with Gasteiger partial charge in [0, 0.05) is 25.0 Å². The number of nitrogens with zero attached hydrogens (tertiary/aromatic N) is 2. The van der Waals surface area contributed by atoms with Gasteiger partial charge in [0.2, 0.25) is 11.9 Å². The smallest absolute Gasteiger partial charge is 0.475 e. The summed E-state index contributed by atoms with van der Waals surface area (Å²) in [6.07, 6.45) is -1.76. The van der Waals surface area contributed by atoms with Gasteiger partial charge in [0.15, 0.2) is 5.82 Å². The summed E-state index contributed by atoms with van der Waals surface area (Å²) < 4.78 is 33.1. The first-order valence-electron chi connectivity index (χ1n) is 11.0. The molecule has 204 valence electrons. The Morgan fingerprint density at radius 2 is 1.78 bits per heavy atom. The molecule has 0 unspecified atom stereocenters. The van der Waals surface area contributed by atoms with Gasteiger partial charge in [0.25, 0.3) is 5.56 Å². The molecule has 15 heteroatoms. The van der Waals surface area contributed by atoms with Crippen LogP contribution >= 0.6 is 0 Å². The van der Waals surface area contributed by atoms with Gasteiger partial charge in [0.1, 0.15) is 6.54 Å². The SMILES string of the molecule is CCc1ccc(CCNc2ncc(C)n(CC(=O)NCCONC(=N)N)c2=O)cc1.O=C(O)C(F)(F)F. The first-order chi connectivity index (χ1) is 17.3. The Kier molecular flexibility index (Phi) is 12.6. The molecule has 1 aromatic carbocycles. The molecule has 0 aliphatic heterocycles. The van der Waals surface area contributed by atoms with Crippen molar-refractivity contribution in [3.05, 3.63) is 57.6 Å². The van der Waals surface area contributed by atoms with Crippen molar-refractivity contribution in [3.8, 4) is 0 Å². The normalized spacial score (nSPS) is 10.6. The number of aromatic nitrogens is 2. The monoisotopic (exact) mass is 529 g/mol. The molecule has 0 aliphatic rings. The van der Waals surface area contributed by atoms with E-state index in [1.165, 1.54) is 15.7 Å². The molecule has 0 fully saturated rings. The number of hydrogen-bond acceptors (Lipinski definition) is 7. The van der Waals surface area contributed by atoms with Crippen LogP contribution in [-0.2, 0) is 33.8 Å². The van der Waals surface area contributed by atoms with Crippen LogP contribution in [0.1, 0.15) is 23.7 Å². The van der Waals surface area contributed by atoms with Crippen molar-refractivity contribution in [1.29, 1.82) is 5.41 Å². The van der Waals surface area contributed by atoms with Crippen LogP contribution in [0, 0.1) is 12.3 Å². The van der Waals surface area contributed by atoms with Crippen molar-refractivity contribution in [3.63, 3.8) is 0 Å². The van der Waals surface area contributed by atoms with E-state index in [1.54, 1.807) is 13.1 Å². The average molecular weight is 530 g/mol. The van der Waals surface area contributed by atoms with Crippen LogP contribution in [0.4, 0.5) is 19.0 Å². The minimum Gasteiger partial charge on any atom is -0.475 e. The average Bonchev–Trinajstić information content (AvgIpc) is 2.83. The maximum Gasteiger partial charge on any atom is 0.490 e. The topological polar surface area (TPSA) is 184 Å². The second-order valence-corrected chi connectivity index (χ2v) is 7.50. The fourth-order valence-corrected chi connectivity index (χ4v) is 2.73. The van der Waals surface area contributed by atoms with Gasteiger partial charge >= 0.3 is 12.1 Å². The molecule has 0 bridgehead atoms.